The van der Waals surface area contributed by atoms with E-state index >= 15 is 0 Å². The topological polar surface area (TPSA) is 47.3 Å². The Morgan fingerprint density at radius 3 is 2.50 bits per heavy atom. The van der Waals surface area contributed by atoms with E-state index in [0.717, 1.165) is 37.9 Å². The molecule has 1 aliphatic carbocycles. The molecule has 1 saturated carbocycles. The highest BCUT2D eigenvalue weighted by Crippen LogP contribution is 2.44. The van der Waals surface area contributed by atoms with E-state index in [2.05, 4.69) is 18.8 Å². The number of aliphatic hydroxyl groups is 1. The third kappa shape index (κ3) is 3.23. The molecule has 0 aromatic carbocycles. The van der Waals surface area contributed by atoms with Crippen molar-refractivity contribution in [2.75, 3.05) is 7.11 Å². The van der Waals surface area contributed by atoms with Crippen LogP contribution >= 0.6 is 0 Å². The molecule has 4 nitrogen and oxygen atoms in total. The van der Waals surface area contributed by atoms with Crippen LogP contribution in [-0.2, 0) is 18.2 Å². The Kier molecular flexibility index (Phi) is 4.55. The van der Waals surface area contributed by atoms with E-state index in [1.165, 1.54) is 0 Å². The lowest BCUT2D eigenvalue weighted by Gasteiger charge is -2.45. The summed E-state index contributed by atoms with van der Waals surface area (Å²) in [5, 5.41) is 10.6. The summed E-state index contributed by atoms with van der Waals surface area (Å²) in [6.07, 6.45) is 8.93. The normalized spacial score (nSPS) is 22.6. The molecule has 1 atom stereocenters. The molecule has 114 valence electrons. The van der Waals surface area contributed by atoms with E-state index in [-0.39, 0.29) is 5.60 Å². The molecule has 0 saturated heterocycles. The molecule has 1 aliphatic rings. The second kappa shape index (κ2) is 5.86. The Morgan fingerprint density at radius 1 is 1.35 bits per heavy atom. The van der Waals surface area contributed by atoms with Crippen LogP contribution in [0.4, 0.5) is 0 Å². The van der Waals surface area contributed by atoms with Crippen molar-refractivity contribution in [1.82, 2.24) is 9.55 Å². The molecule has 1 heterocycles. The second-order valence-electron chi connectivity index (χ2n) is 6.94. The maximum absolute atomic E-state index is 10.6. The minimum absolute atomic E-state index is 0.360. The largest absolute Gasteiger partial charge is 0.390 e. The van der Waals surface area contributed by atoms with Gasteiger partial charge >= 0.3 is 0 Å². The summed E-state index contributed by atoms with van der Waals surface area (Å²) in [4.78, 5) is 4.32. The van der Waals surface area contributed by atoms with Crippen molar-refractivity contribution in [3.05, 3.63) is 18.2 Å². The van der Waals surface area contributed by atoms with Crippen LogP contribution in [0.3, 0.4) is 0 Å². The molecule has 0 amide bonds. The highest BCUT2D eigenvalue weighted by Gasteiger charge is 2.43. The predicted molar refractivity (Wildman–Crippen MR) is 79.5 cm³/mol. The van der Waals surface area contributed by atoms with Crippen molar-refractivity contribution >= 4 is 0 Å². The monoisotopic (exact) mass is 280 g/mol. The van der Waals surface area contributed by atoms with Crippen LogP contribution in [0, 0.1) is 5.41 Å². The number of nitrogens with zero attached hydrogens (tertiary/aromatic N) is 2. The van der Waals surface area contributed by atoms with Gasteiger partial charge in [0.2, 0.25) is 0 Å². The fraction of sp³-hybridized carbons (Fsp3) is 0.812. The first-order chi connectivity index (χ1) is 9.38. The van der Waals surface area contributed by atoms with Gasteiger partial charge in [-0.05, 0) is 37.5 Å². The SMILES string of the molecule is COC1(C(O)CCc2nccn2C)CCC(C)(C)CC1. The zero-order chi connectivity index (χ0) is 14.8. The molecular formula is C16H28N2O2. The van der Waals surface area contributed by atoms with Gasteiger partial charge < -0.3 is 14.4 Å². The van der Waals surface area contributed by atoms with Crippen molar-refractivity contribution in [3.8, 4) is 0 Å². The zero-order valence-corrected chi connectivity index (χ0v) is 13.2. The number of aliphatic hydroxyl groups excluding tert-OH is 1. The molecule has 1 aromatic heterocycles. The molecule has 4 heteroatoms. The number of hydrogen-bond donors (Lipinski definition) is 1. The predicted octanol–water partition coefficient (Wildman–Crippen LogP) is 2.70. The minimum atomic E-state index is -0.416. The van der Waals surface area contributed by atoms with Crippen molar-refractivity contribution < 1.29 is 9.84 Å². The molecule has 0 radical (unpaired) electrons. The Bertz CT molecular complexity index is 429. The van der Waals surface area contributed by atoms with Gasteiger partial charge in [0.05, 0.1) is 11.7 Å². The van der Waals surface area contributed by atoms with Crippen LogP contribution in [0.5, 0.6) is 0 Å². The van der Waals surface area contributed by atoms with E-state index in [0.29, 0.717) is 11.8 Å². The molecule has 0 spiro atoms. The van der Waals surface area contributed by atoms with Crippen LogP contribution in [0.2, 0.25) is 0 Å². The van der Waals surface area contributed by atoms with Crippen molar-refractivity contribution in [3.63, 3.8) is 0 Å². The molecule has 2 rings (SSSR count). The van der Waals surface area contributed by atoms with Crippen molar-refractivity contribution in [2.45, 2.75) is 64.1 Å². The molecule has 20 heavy (non-hydrogen) atoms. The van der Waals surface area contributed by atoms with Gasteiger partial charge in [0.25, 0.3) is 0 Å². The average molecular weight is 280 g/mol. The smallest absolute Gasteiger partial charge is 0.108 e. The van der Waals surface area contributed by atoms with Crippen LogP contribution in [0.1, 0.15) is 51.8 Å². The fourth-order valence-electron chi connectivity index (χ4n) is 3.19. The number of ether oxygens (including phenoxy) is 1. The minimum Gasteiger partial charge on any atom is -0.390 e. The van der Waals surface area contributed by atoms with Gasteiger partial charge in [-0.2, -0.15) is 0 Å². The standard InChI is InChI=1S/C16H28N2O2/c1-15(2)7-9-16(20-4,10-8-15)13(19)5-6-14-17-11-12-18(14)3/h11-13,19H,5-10H2,1-4H3. The van der Waals surface area contributed by atoms with Crippen LogP contribution in [0.15, 0.2) is 12.4 Å². The van der Waals surface area contributed by atoms with Crippen LogP contribution < -0.4 is 0 Å². The average Bonchev–Trinajstić information content (AvgIpc) is 2.82. The van der Waals surface area contributed by atoms with E-state index in [1.807, 2.05) is 17.8 Å². The molecule has 1 unspecified atom stereocenters. The summed E-state index contributed by atoms with van der Waals surface area (Å²) in [7, 11) is 3.73. The van der Waals surface area contributed by atoms with E-state index < -0.39 is 6.10 Å². The van der Waals surface area contributed by atoms with Crippen molar-refractivity contribution in [2.24, 2.45) is 12.5 Å². The van der Waals surface area contributed by atoms with Crippen molar-refractivity contribution in [1.29, 1.82) is 0 Å². The number of imidazole rings is 1. The van der Waals surface area contributed by atoms with E-state index in [9.17, 15) is 5.11 Å². The first-order valence-electron chi connectivity index (χ1n) is 7.58. The molecule has 1 N–H and O–H groups in total. The highest BCUT2D eigenvalue weighted by atomic mass is 16.5. The summed E-state index contributed by atoms with van der Waals surface area (Å²) in [5.74, 6) is 1.02. The van der Waals surface area contributed by atoms with Gasteiger partial charge in [-0.3, -0.25) is 0 Å². The van der Waals surface area contributed by atoms with E-state index in [1.54, 1.807) is 13.3 Å². The maximum atomic E-state index is 10.6. The summed E-state index contributed by atoms with van der Waals surface area (Å²) < 4.78 is 7.77. The highest BCUT2D eigenvalue weighted by molar-refractivity contribution is 4.98. The summed E-state index contributed by atoms with van der Waals surface area (Å²) >= 11 is 0. The Labute approximate surface area is 122 Å². The Morgan fingerprint density at radius 2 is 2.00 bits per heavy atom. The third-order valence-corrected chi connectivity index (χ3v) is 5.03. The third-order valence-electron chi connectivity index (χ3n) is 5.03. The van der Waals surface area contributed by atoms with Gasteiger partial charge in [-0.25, -0.2) is 4.98 Å². The second-order valence-corrected chi connectivity index (χ2v) is 6.94. The molecule has 0 aliphatic heterocycles. The van der Waals surface area contributed by atoms with E-state index in [4.69, 9.17) is 4.74 Å². The zero-order valence-electron chi connectivity index (χ0n) is 13.2. The first kappa shape index (κ1) is 15.5. The van der Waals surface area contributed by atoms with Gasteiger partial charge in [-0.15, -0.1) is 0 Å². The maximum Gasteiger partial charge on any atom is 0.108 e. The summed E-state index contributed by atoms with van der Waals surface area (Å²) in [5.41, 5.74) is 0.0160. The number of hydrogen-bond acceptors (Lipinski definition) is 3. The van der Waals surface area contributed by atoms with Gasteiger partial charge in [-0.1, -0.05) is 13.8 Å². The molecule has 0 bridgehead atoms. The van der Waals surface area contributed by atoms with Gasteiger partial charge in [0, 0.05) is 33.0 Å². The number of aryl methyl sites for hydroxylation is 2. The fourth-order valence-corrected chi connectivity index (χ4v) is 3.19. The van der Waals surface area contributed by atoms with Crippen LogP contribution in [0.25, 0.3) is 0 Å². The van der Waals surface area contributed by atoms with Gasteiger partial charge in [0.1, 0.15) is 5.82 Å². The van der Waals surface area contributed by atoms with Crippen LogP contribution in [-0.4, -0.2) is 33.5 Å². The Hall–Kier alpha value is -0.870. The quantitative estimate of drug-likeness (QED) is 0.902. The first-order valence-corrected chi connectivity index (χ1v) is 7.58. The molecular weight excluding hydrogens is 252 g/mol. The summed E-state index contributed by atoms with van der Waals surface area (Å²) in [6.45, 7) is 4.60. The molecule has 1 aromatic rings. The Balaban J connectivity index is 1.96. The summed E-state index contributed by atoms with van der Waals surface area (Å²) in [6, 6.07) is 0. The lowest BCUT2D eigenvalue weighted by molar-refractivity contribution is -0.137. The van der Waals surface area contributed by atoms with Gasteiger partial charge in [0.15, 0.2) is 0 Å². The number of aromatic nitrogens is 2. The number of methoxy groups -OCH3 is 1. The molecule has 1 fully saturated rings. The lowest BCUT2D eigenvalue weighted by atomic mass is 9.68. The number of rotatable bonds is 5. The lowest BCUT2D eigenvalue weighted by Crippen LogP contribution is -2.48.